The predicted molar refractivity (Wildman–Crippen MR) is 276 cm³/mol. The molecule has 8 rings (SSSR count). The van der Waals surface area contributed by atoms with Crippen LogP contribution in [0.4, 0.5) is 13.2 Å². The van der Waals surface area contributed by atoms with E-state index in [2.05, 4.69) is 151 Å². The zero-order valence-corrected chi connectivity index (χ0v) is 45.2. The molecule has 0 saturated heterocycles. The van der Waals surface area contributed by atoms with E-state index >= 15 is 0 Å². The molecule has 6 aromatic carbocycles. The Kier molecular flexibility index (Phi) is 21.2. The van der Waals surface area contributed by atoms with Crippen LogP contribution in [0.3, 0.4) is 0 Å². The van der Waals surface area contributed by atoms with Gasteiger partial charge in [0.05, 0.1) is 0 Å². The van der Waals surface area contributed by atoms with Gasteiger partial charge in [0.1, 0.15) is 0 Å². The van der Waals surface area contributed by atoms with Crippen molar-refractivity contribution in [2.24, 2.45) is 11.8 Å². The Labute approximate surface area is 412 Å². The molecule has 7 heteroatoms. The summed E-state index contributed by atoms with van der Waals surface area (Å²) in [4.78, 5) is 0. The first-order chi connectivity index (χ1) is 31.0. The van der Waals surface area contributed by atoms with Gasteiger partial charge in [-0.05, 0) is 57.8 Å². The first-order valence-corrected chi connectivity index (χ1v) is 32.3. The van der Waals surface area contributed by atoms with Gasteiger partial charge in [0, 0.05) is 15.9 Å². The summed E-state index contributed by atoms with van der Waals surface area (Å²) < 4.78 is 33.7. The van der Waals surface area contributed by atoms with Crippen molar-refractivity contribution in [3.8, 4) is 22.3 Å². The molecule has 2 saturated carbocycles. The second-order valence-corrected chi connectivity index (χ2v) is 25.6. The molecule has 0 bridgehead atoms. The first-order valence-electron chi connectivity index (χ1n) is 24.2. The fourth-order valence-corrected chi connectivity index (χ4v) is 10.2. The van der Waals surface area contributed by atoms with E-state index in [1.165, 1.54) is 156 Å². The van der Waals surface area contributed by atoms with E-state index in [1.807, 2.05) is 0 Å². The molecule has 0 N–H and O–H groups in total. The van der Waals surface area contributed by atoms with Crippen LogP contribution in [0.1, 0.15) is 147 Å². The van der Waals surface area contributed by atoms with Crippen LogP contribution in [0.5, 0.6) is 0 Å². The van der Waals surface area contributed by atoms with Gasteiger partial charge in [0.25, 0.3) is 0 Å². The zero-order chi connectivity index (χ0) is 47.0. The van der Waals surface area contributed by atoms with E-state index in [0.29, 0.717) is 9.52 Å². The summed E-state index contributed by atoms with van der Waals surface area (Å²) in [6.07, 6.45) is 15.1. The Morgan fingerprint density at radius 2 is 0.908 bits per heavy atom. The van der Waals surface area contributed by atoms with Gasteiger partial charge in [-0.15, -0.1) is 69.1 Å². The molecule has 0 aliphatic heterocycles. The maximum absolute atomic E-state index is 11.2. The van der Waals surface area contributed by atoms with Gasteiger partial charge in [-0.3, -0.25) is 0 Å². The molecule has 2 radical (unpaired) electrons. The SMILES string of the molecule is CC(C)(C)c1ccc(-c2cccc3[cH-]c(CC4CCCCCC4)cc23)cc1.CC(C)(C)c1ccc(-c2cccc3[cH-]c(CC4CCCCCC4)cc23)cc1.C[Si]CCC(F)(F)F.[Cl][Zr+2][Cl]. The summed E-state index contributed by atoms with van der Waals surface area (Å²) in [5, 5.41) is 5.64. The average Bonchev–Trinajstić information content (AvgIpc) is 3.65. The van der Waals surface area contributed by atoms with E-state index in [-0.39, 0.29) is 16.9 Å². The molecule has 0 atom stereocenters. The number of rotatable bonds is 8. The third-order valence-corrected chi connectivity index (χ3v) is 14.2. The van der Waals surface area contributed by atoms with E-state index in [1.54, 1.807) is 6.55 Å². The van der Waals surface area contributed by atoms with Gasteiger partial charge in [-0.25, -0.2) is 0 Å². The minimum atomic E-state index is -3.94. The van der Waals surface area contributed by atoms with Crippen LogP contribution in [0.2, 0.25) is 12.6 Å². The fourth-order valence-electron chi connectivity index (χ4n) is 9.70. The number of hydrogen-bond donors (Lipinski definition) is 0. The molecule has 348 valence electrons. The number of fused-ring (bicyclic) bond motifs is 2. The van der Waals surface area contributed by atoms with Crippen LogP contribution in [-0.2, 0) is 44.5 Å². The van der Waals surface area contributed by atoms with E-state index in [4.69, 9.17) is 17.0 Å². The van der Waals surface area contributed by atoms with E-state index < -0.39 is 33.4 Å². The molecular formula is C58H73Cl2F3SiZr. The van der Waals surface area contributed by atoms with Crippen molar-refractivity contribution in [2.45, 2.75) is 167 Å². The Balaban J connectivity index is 0.000000199. The van der Waals surface area contributed by atoms with Crippen LogP contribution >= 0.6 is 17.0 Å². The van der Waals surface area contributed by atoms with Crippen LogP contribution < -0.4 is 0 Å². The van der Waals surface area contributed by atoms with Gasteiger partial charge in [-0.2, -0.15) is 25.3 Å². The topological polar surface area (TPSA) is 0 Å². The standard InChI is InChI=1S/2C27H33.C4H7F3Si.2ClH.Zr/c2*1-27(2,3)24-15-13-22(14-16-24)25-12-8-11-23-18-21(19-26(23)25)17-20-9-6-4-5-7-10-20;1-8-3-2-4(5,6)7;;;/h2*8,11-16,18-20H,4-7,9-10,17H2,1-3H3;2-3H2,1H3;2*1H;/q2*-1;;;;+4/p-2. The van der Waals surface area contributed by atoms with E-state index in [9.17, 15) is 13.2 Å². The number of halogens is 5. The Bertz CT molecular complexity index is 2120. The van der Waals surface area contributed by atoms with Crippen LogP contribution in [0, 0.1) is 11.8 Å². The molecule has 0 spiro atoms. The Hall–Kier alpha value is -2.43. The molecular weight excluding hydrogens is 944 g/mol. The maximum atomic E-state index is 11.2. The summed E-state index contributed by atoms with van der Waals surface area (Å²) in [7, 11) is 10.3. The van der Waals surface area contributed by atoms with Crippen molar-refractivity contribution in [1.82, 2.24) is 0 Å². The van der Waals surface area contributed by atoms with Gasteiger partial charge in [-0.1, -0.05) is 203 Å². The molecule has 2 fully saturated rings. The van der Waals surface area contributed by atoms with Crippen molar-refractivity contribution in [3.63, 3.8) is 0 Å². The molecule has 2 aliphatic carbocycles. The summed E-state index contributed by atoms with van der Waals surface area (Å²) >= 11 is -0.826. The molecule has 0 amide bonds. The fraction of sp³-hybridized carbons (Fsp3) is 0.483. The number of hydrogen-bond acceptors (Lipinski definition) is 0. The quantitative estimate of drug-likeness (QED) is 0.0810. The summed E-state index contributed by atoms with van der Waals surface area (Å²) in [6, 6.07) is 42.0. The minimum absolute atomic E-state index is 0.205. The predicted octanol–water partition coefficient (Wildman–Crippen LogP) is 19.6. The third-order valence-electron chi connectivity index (χ3n) is 13.4. The zero-order valence-electron chi connectivity index (χ0n) is 40.3. The van der Waals surface area contributed by atoms with Crippen LogP contribution in [0.25, 0.3) is 43.8 Å². The van der Waals surface area contributed by atoms with Crippen molar-refractivity contribution in [3.05, 3.63) is 131 Å². The summed E-state index contributed by atoms with van der Waals surface area (Å²) in [5.41, 5.74) is 11.7. The van der Waals surface area contributed by atoms with E-state index in [0.717, 1.165) is 11.8 Å². The van der Waals surface area contributed by atoms with Crippen molar-refractivity contribution < 1.29 is 34.0 Å². The van der Waals surface area contributed by atoms with Crippen LogP contribution in [0.15, 0.2) is 109 Å². The van der Waals surface area contributed by atoms with Crippen molar-refractivity contribution in [1.29, 1.82) is 0 Å². The molecule has 0 nitrogen and oxygen atoms in total. The van der Waals surface area contributed by atoms with Gasteiger partial charge in [0.15, 0.2) is 0 Å². The van der Waals surface area contributed by atoms with Gasteiger partial charge in [0.2, 0.25) is 0 Å². The Morgan fingerprint density at radius 1 is 0.554 bits per heavy atom. The third kappa shape index (κ3) is 17.2. The number of alkyl halides is 3. The van der Waals surface area contributed by atoms with Gasteiger partial charge < -0.3 is 0 Å². The van der Waals surface area contributed by atoms with Gasteiger partial charge >= 0.3 is 44.1 Å². The molecule has 0 aromatic heterocycles. The molecule has 65 heavy (non-hydrogen) atoms. The second-order valence-electron chi connectivity index (χ2n) is 20.7. The molecule has 0 unspecified atom stereocenters. The number of benzene rings is 4. The summed E-state index contributed by atoms with van der Waals surface area (Å²) in [5.74, 6) is 1.78. The Morgan fingerprint density at radius 3 is 1.20 bits per heavy atom. The molecule has 6 aromatic rings. The first kappa shape index (κ1) is 53.5. The summed E-state index contributed by atoms with van der Waals surface area (Å²) in [6.45, 7) is 15.4. The average molecular weight is 1020 g/mol. The van der Waals surface area contributed by atoms with Crippen molar-refractivity contribution in [2.75, 3.05) is 0 Å². The molecule has 2 aliphatic rings. The monoisotopic (exact) mass is 1010 g/mol. The second kappa shape index (κ2) is 25.8. The normalized spacial score (nSPS) is 15.4. The van der Waals surface area contributed by atoms with Crippen molar-refractivity contribution >= 4 is 48.1 Å². The van der Waals surface area contributed by atoms with Crippen LogP contribution in [-0.4, -0.2) is 15.7 Å². The molecule has 0 heterocycles.